The lowest BCUT2D eigenvalue weighted by Gasteiger charge is -2.09. The van der Waals surface area contributed by atoms with Crippen molar-refractivity contribution in [2.45, 2.75) is 6.42 Å². The first-order valence-electron chi connectivity index (χ1n) is 11.1. The zero-order chi connectivity index (χ0) is 24.4. The summed E-state index contributed by atoms with van der Waals surface area (Å²) in [7, 11) is 0. The highest BCUT2D eigenvalue weighted by molar-refractivity contribution is 9.10. The van der Waals surface area contributed by atoms with Crippen LogP contribution in [0.15, 0.2) is 83.7 Å². The minimum atomic E-state index is -0.347. The van der Waals surface area contributed by atoms with Gasteiger partial charge in [0.05, 0.1) is 11.3 Å². The maximum Gasteiger partial charge on any atom is 0.255 e. The minimum absolute atomic E-state index is 0.141. The Labute approximate surface area is 209 Å². The molecule has 0 aliphatic carbocycles. The lowest BCUT2D eigenvalue weighted by atomic mass is 9.97. The first-order chi connectivity index (χ1) is 17.0. The third-order valence-corrected chi connectivity index (χ3v) is 6.44. The zero-order valence-electron chi connectivity index (χ0n) is 18.6. The van der Waals surface area contributed by atoms with Gasteiger partial charge in [-0.15, -0.1) is 0 Å². The average Bonchev–Trinajstić information content (AvgIpc) is 3.45. The highest BCUT2D eigenvalue weighted by atomic mass is 79.9. The molecule has 0 radical (unpaired) electrons. The molecule has 1 amide bonds. The summed E-state index contributed by atoms with van der Waals surface area (Å²) >= 11 is 3.39. The SMILES string of the molecule is Nc1[nH]c(C(=O)c2ccc(Br)cc2)c(-c2ccncc2)c1C(=O)NCCc1c[nH]c2ccccc12. The molecule has 0 bridgehead atoms. The first kappa shape index (κ1) is 22.6. The fourth-order valence-electron chi connectivity index (χ4n) is 4.22. The second kappa shape index (κ2) is 9.60. The number of aromatic amines is 2. The molecule has 0 saturated carbocycles. The van der Waals surface area contributed by atoms with E-state index in [1.54, 1.807) is 48.8 Å². The number of benzene rings is 2. The minimum Gasteiger partial charge on any atom is -0.385 e. The lowest BCUT2D eigenvalue weighted by molar-refractivity contribution is 0.0955. The Morgan fingerprint density at radius 1 is 1.00 bits per heavy atom. The van der Waals surface area contributed by atoms with E-state index in [1.807, 2.05) is 24.4 Å². The van der Waals surface area contributed by atoms with Gasteiger partial charge in [0, 0.05) is 51.6 Å². The molecule has 3 aromatic heterocycles. The van der Waals surface area contributed by atoms with Crippen LogP contribution in [0.4, 0.5) is 5.82 Å². The summed E-state index contributed by atoms with van der Waals surface area (Å²) in [6.07, 6.45) is 5.84. The number of aromatic nitrogens is 3. The van der Waals surface area contributed by atoms with Gasteiger partial charge in [-0.2, -0.15) is 0 Å². The number of hydrogen-bond acceptors (Lipinski definition) is 4. The zero-order valence-corrected chi connectivity index (χ0v) is 20.2. The van der Waals surface area contributed by atoms with Crippen LogP contribution in [0, 0.1) is 0 Å². The molecule has 0 fully saturated rings. The number of carbonyl (C=O) groups is 2. The molecule has 0 aliphatic heterocycles. The van der Waals surface area contributed by atoms with Gasteiger partial charge < -0.3 is 21.0 Å². The summed E-state index contributed by atoms with van der Waals surface area (Å²) in [5.41, 5.74) is 10.6. The predicted molar refractivity (Wildman–Crippen MR) is 140 cm³/mol. The van der Waals surface area contributed by atoms with Gasteiger partial charge in [0.15, 0.2) is 0 Å². The van der Waals surface area contributed by atoms with E-state index >= 15 is 0 Å². The number of hydrogen-bond donors (Lipinski definition) is 4. The number of nitrogens with two attached hydrogens (primary N) is 1. The summed E-state index contributed by atoms with van der Waals surface area (Å²) in [5, 5.41) is 4.09. The molecule has 0 unspecified atom stereocenters. The highest BCUT2D eigenvalue weighted by Gasteiger charge is 2.27. The van der Waals surface area contributed by atoms with Gasteiger partial charge in [0.25, 0.3) is 5.91 Å². The standard InChI is InChI=1S/C27H22BrN5O2/c28-19-7-5-17(6-8-19)25(34)24-22(16-9-12-30-13-10-16)23(26(29)33-24)27(35)31-14-11-18-15-32-21-4-2-1-3-20(18)21/h1-10,12-13,15,32-33H,11,14,29H2,(H,31,35). The van der Waals surface area contributed by atoms with Crippen LogP contribution >= 0.6 is 15.9 Å². The van der Waals surface area contributed by atoms with Crippen molar-refractivity contribution in [1.29, 1.82) is 0 Å². The van der Waals surface area contributed by atoms with E-state index in [4.69, 9.17) is 5.73 Å². The Balaban J connectivity index is 1.45. The Hall–Kier alpha value is -4.17. The molecule has 5 aromatic rings. The largest absolute Gasteiger partial charge is 0.385 e. The summed E-state index contributed by atoms with van der Waals surface area (Å²) in [6, 6.07) is 18.6. The van der Waals surface area contributed by atoms with Crippen LogP contribution in [0.5, 0.6) is 0 Å². The van der Waals surface area contributed by atoms with Gasteiger partial charge in [0.2, 0.25) is 5.78 Å². The molecule has 7 nitrogen and oxygen atoms in total. The van der Waals surface area contributed by atoms with Crippen molar-refractivity contribution in [3.63, 3.8) is 0 Å². The van der Waals surface area contributed by atoms with E-state index in [1.165, 1.54) is 0 Å². The van der Waals surface area contributed by atoms with E-state index in [0.717, 1.165) is 20.9 Å². The summed E-state index contributed by atoms with van der Waals surface area (Å²) in [6.45, 7) is 0.414. The normalized spacial score (nSPS) is 11.0. The Morgan fingerprint density at radius 2 is 1.74 bits per heavy atom. The van der Waals surface area contributed by atoms with Crippen LogP contribution in [0.1, 0.15) is 32.0 Å². The van der Waals surface area contributed by atoms with Crippen LogP contribution < -0.4 is 11.1 Å². The van der Waals surface area contributed by atoms with Crippen molar-refractivity contribution in [3.05, 3.63) is 106 Å². The van der Waals surface area contributed by atoms with Crippen LogP contribution in [-0.2, 0) is 6.42 Å². The number of carbonyl (C=O) groups excluding carboxylic acids is 2. The molecule has 5 rings (SSSR count). The molecule has 0 aliphatic rings. The molecule has 0 saturated heterocycles. The van der Waals surface area contributed by atoms with Crippen LogP contribution in [0.2, 0.25) is 0 Å². The lowest BCUT2D eigenvalue weighted by Crippen LogP contribution is -2.26. The number of nitrogen functional groups attached to an aromatic ring is 1. The van der Waals surface area contributed by atoms with Crippen molar-refractivity contribution < 1.29 is 9.59 Å². The van der Waals surface area contributed by atoms with Gasteiger partial charge in [-0.05, 0) is 60.0 Å². The Morgan fingerprint density at radius 3 is 2.51 bits per heavy atom. The Bertz CT molecular complexity index is 1520. The molecule has 174 valence electrons. The van der Waals surface area contributed by atoms with E-state index < -0.39 is 0 Å². The Kier molecular flexibility index (Phi) is 6.20. The van der Waals surface area contributed by atoms with Crippen molar-refractivity contribution in [1.82, 2.24) is 20.3 Å². The third kappa shape index (κ3) is 4.48. The summed E-state index contributed by atoms with van der Waals surface area (Å²) in [5.74, 6) is -0.462. The fourth-order valence-corrected chi connectivity index (χ4v) is 4.48. The third-order valence-electron chi connectivity index (χ3n) is 5.91. The number of amides is 1. The van der Waals surface area contributed by atoms with Crippen LogP contribution in [0.3, 0.4) is 0 Å². The molecule has 2 aromatic carbocycles. The van der Waals surface area contributed by atoms with Gasteiger partial charge in [-0.25, -0.2) is 0 Å². The summed E-state index contributed by atoms with van der Waals surface area (Å²) < 4.78 is 0.865. The second-order valence-electron chi connectivity index (χ2n) is 8.10. The number of pyridine rings is 1. The number of halogens is 1. The number of nitrogens with one attached hydrogen (secondary N) is 3. The molecule has 0 atom stereocenters. The molecular weight excluding hydrogens is 506 g/mol. The van der Waals surface area contributed by atoms with Gasteiger partial charge in [-0.3, -0.25) is 14.6 Å². The number of ketones is 1. The van der Waals surface area contributed by atoms with Crippen molar-refractivity contribution >= 4 is 44.3 Å². The fraction of sp³-hybridized carbons (Fsp3) is 0.0741. The first-order valence-corrected chi connectivity index (χ1v) is 11.9. The molecule has 0 spiro atoms. The highest BCUT2D eigenvalue weighted by Crippen LogP contribution is 2.33. The maximum absolute atomic E-state index is 13.4. The quantitative estimate of drug-likeness (QED) is 0.220. The van der Waals surface area contributed by atoms with Crippen molar-refractivity contribution in [2.24, 2.45) is 0 Å². The van der Waals surface area contributed by atoms with Gasteiger partial charge >= 0.3 is 0 Å². The van der Waals surface area contributed by atoms with E-state index in [2.05, 4.69) is 42.3 Å². The number of rotatable bonds is 7. The second-order valence-corrected chi connectivity index (χ2v) is 9.02. The number of para-hydroxylation sites is 1. The molecule has 3 heterocycles. The molecule has 8 heteroatoms. The predicted octanol–water partition coefficient (Wildman–Crippen LogP) is 5.11. The molecular formula is C27H22BrN5O2. The van der Waals surface area contributed by atoms with Crippen molar-refractivity contribution in [2.75, 3.05) is 12.3 Å². The number of anilines is 1. The maximum atomic E-state index is 13.4. The number of H-pyrrole nitrogens is 2. The van der Waals surface area contributed by atoms with E-state index in [9.17, 15) is 9.59 Å². The van der Waals surface area contributed by atoms with Gasteiger partial charge in [0.1, 0.15) is 5.82 Å². The van der Waals surface area contributed by atoms with Crippen molar-refractivity contribution in [3.8, 4) is 11.1 Å². The number of nitrogens with zero attached hydrogens (tertiary/aromatic N) is 1. The van der Waals surface area contributed by atoms with Crippen LogP contribution in [0.25, 0.3) is 22.0 Å². The van der Waals surface area contributed by atoms with E-state index in [0.29, 0.717) is 29.7 Å². The van der Waals surface area contributed by atoms with Gasteiger partial charge in [-0.1, -0.05) is 34.1 Å². The summed E-state index contributed by atoms with van der Waals surface area (Å²) in [4.78, 5) is 37.0. The average molecular weight is 528 g/mol. The molecule has 35 heavy (non-hydrogen) atoms. The molecule has 5 N–H and O–H groups in total. The smallest absolute Gasteiger partial charge is 0.255 e. The monoisotopic (exact) mass is 527 g/mol. The van der Waals surface area contributed by atoms with E-state index in [-0.39, 0.29) is 28.8 Å². The number of fused-ring (bicyclic) bond motifs is 1. The topological polar surface area (TPSA) is 117 Å². The van der Waals surface area contributed by atoms with Crippen LogP contribution in [-0.4, -0.2) is 33.2 Å².